The average molecular weight is 357 g/mol. The second-order valence-electron chi connectivity index (χ2n) is 5.57. The highest BCUT2D eigenvalue weighted by Gasteiger charge is 2.18. The van der Waals surface area contributed by atoms with Gasteiger partial charge in [0.1, 0.15) is 5.75 Å². The molecule has 7 nitrogen and oxygen atoms in total. The highest BCUT2D eigenvalue weighted by molar-refractivity contribution is 7.98. The number of amides is 1. The van der Waals surface area contributed by atoms with E-state index in [4.69, 9.17) is 4.74 Å². The molecule has 0 N–H and O–H groups in total. The summed E-state index contributed by atoms with van der Waals surface area (Å²) in [6.07, 6.45) is 1.68. The molecular formula is C17H19N5O2S. The van der Waals surface area contributed by atoms with Crippen LogP contribution in [-0.4, -0.2) is 39.6 Å². The first-order valence-corrected chi connectivity index (χ1v) is 8.67. The van der Waals surface area contributed by atoms with Crippen LogP contribution in [0, 0.1) is 0 Å². The van der Waals surface area contributed by atoms with Gasteiger partial charge in [-0.1, -0.05) is 23.9 Å². The largest absolute Gasteiger partial charge is 0.497 e. The Morgan fingerprint density at radius 3 is 2.64 bits per heavy atom. The number of hydrogen-bond donors (Lipinski definition) is 0. The lowest BCUT2D eigenvalue weighted by Gasteiger charge is -2.15. The van der Waals surface area contributed by atoms with Crippen LogP contribution in [0.4, 0.5) is 5.82 Å². The average Bonchev–Trinajstić information content (AvgIpc) is 3.00. The number of fused-ring (bicyclic) bond motifs is 1. The van der Waals surface area contributed by atoms with Crippen molar-refractivity contribution in [2.24, 2.45) is 7.05 Å². The first-order valence-electron chi connectivity index (χ1n) is 7.68. The molecule has 130 valence electrons. The molecule has 0 spiro atoms. The molecule has 0 aliphatic rings. The minimum absolute atomic E-state index is 0.100. The maximum Gasteiger partial charge on any atom is 0.224 e. The SMILES string of the molecule is COc1ccc(CSc2nc(N(C)C(C)=O)c3ncn(C)c3n2)cc1. The Bertz CT molecular complexity index is 907. The van der Waals surface area contributed by atoms with Crippen LogP contribution >= 0.6 is 11.8 Å². The van der Waals surface area contributed by atoms with E-state index < -0.39 is 0 Å². The number of imidazole rings is 1. The number of nitrogens with zero attached hydrogens (tertiary/aromatic N) is 5. The van der Waals surface area contributed by atoms with Crippen LogP contribution in [0.25, 0.3) is 11.2 Å². The maximum atomic E-state index is 11.8. The minimum Gasteiger partial charge on any atom is -0.497 e. The molecule has 3 rings (SSSR count). The van der Waals surface area contributed by atoms with Gasteiger partial charge in [0, 0.05) is 26.8 Å². The van der Waals surface area contributed by atoms with Crippen LogP contribution in [0.5, 0.6) is 5.75 Å². The zero-order valence-corrected chi connectivity index (χ0v) is 15.4. The van der Waals surface area contributed by atoms with E-state index in [1.54, 1.807) is 20.5 Å². The molecule has 0 bridgehead atoms. The fraction of sp³-hybridized carbons (Fsp3) is 0.294. The first-order chi connectivity index (χ1) is 12.0. The standard InChI is InChI=1S/C17H19N5O2S/c1-11(23)22(3)16-14-15(21(2)10-18-14)19-17(20-16)25-9-12-5-7-13(24-4)8-6-12/h5-8,10H,9H2,1-4H3. The monoisotopic (exact) mass is 357 g/mol. The first kappa shape index (κ1) is 17.2. The maximum absolute atomic E-state index is 11.8. The van der Waals surface area contributed by atoms with Gasteiger partial charge in [-0.3, -0.25) is 9.69 Å². The molecule has 0 saturated heterocycles. The molecule has 1 amide bonds. The van der Waals surface area contributed by atoms with Gasteiger partial charge in [0.05, 0.1) is 13.4 Å². The number of ether oxygens (including phenoxy) is 1. The zero-order chi connectivity index (χ0) is 18.0. The second kappa shape index (κ2) is 7.10. The van der Waals surface area contributed by atoms with Gasteiger partial charge in [0.2, 0.25) is 5.91 Å². The Hall–Kier alpha value is -2.61. The molecule has 0 saturated carbocycles. The van der Waals surface area contributed by atoms with Gasteiger partial charge in [-0.05, 0) is 17.7 Å². The lowest BCUT2D eigenvalue weighted by molar-refractivity contribution is -0.116. The summed E-state index contributed by atoms with van der Waals surface area (Å²) in [5, 5.41) is 0.606. The summed E-state index contributed by atoms with van der Waals surface area (Å²) in [6.45, 7) is 1.50. The van der Waals surface area contributed by atoms with Gasteiger partial charge >= 0.3 is 0 Å². The molecule has 2 aromatic heterocycles. The molecule has 0 atom stereocenters. The topological polar surface area (TPSA) is 73.1 Å². The lowest BCUT2D eigenvalue weighted by atomic mass is 10.2. The Labute approximate surface area is 150 Å². The number of thioether (sulfide) groups is 1. The summed E-state index contributed by atoms with van der Waals surface area (Å²) >= 11 is 1.52. The van der Waals surface area contributed by atoms with Crippen molar-refractivity contribution in [3.63, 3.8) is 0 Å². The van der Waals surface area contributed by atoms with E-state index in [-0.39, 0.29) is 5.91 Å². The summed E-state index contributed by atoms with van der Waals surface area (Å²) in [4.78, 5) is 26.7. The molecule has 3 aromatic rings. The van der Waals surface area contributed by atoms with Crippen LogP contribution in [0.2, 0.25) is 0 Å². The quantitative estimate of drug-likeness (QED) is 0.516. The van der Waals surface area contributed by atoms with Crippen LogP contribution in [0.15, 0.2) is 35.7 Å². The molecule has 0 fully saturated rings. The van der Waals surface area contributed by atoms with E-state index in [9.17, 15) is 4.79 Å². The van der Waals surface area contributed by atoms with Crippen LogP contribution < -0.4 is 9.64 Å². The summed E-state index contributed by atoms with van der Waals surface area (Å²) < 4.78 is 7.00. The fourth-order valence-electron chi connectivity index (χ4n) is 2.29. The summed E-state index contributed by atoms with van der Waals surface area (Å²) in [5.41, 5.74) is 2.46. The Morgan fingerprint density at radius 2 is 2.00 bits per heavy atom. The van der Waals surface area contributed by atoms with Gasteiger partial charge in [0.25, 0.3) is 0 Å². The predicted molar refractivity (Wildman–Crippen MR) is 97.9 cm³/mol. The van der Waals surface area contributed by atoms with Gasteiger partial charge < -0.3 is 9.30 Å². The number of benzene rings is 1. The molecule has 2 heterocycles. The highest BCUT2D eigenvalue weighted by atomic mass is 32.2. The predicted octanol–water partition coefficient (Wildman–Crippen LogP) is 2.65. The molecule has 0 aliphatic carbocycles. The number of carbonyl (C=O) groups excluding carboxylic acids is 1. The smallest absolute Gasteiger partial charge is 0.224 e. The van der Waals surface area contributed by atoms with E-state index in [0.29, 0.717) is 22.1 Å². The van der Waals surface area contributed by atoms with Crippen LogP contribution in [0.1, 0.15) is 12.5 Å². The van der Waals surface area contributed by atoms with Crippen LogP contribution in [0.3, 0.4) is 0 Å². The number of anilines is 1. The number of carbonyl (C=O) groups is 1. The number of hydrogen-bond acceptors (Lipinski definition) is 6. The van der Waals surface area contributed by atoms with Gasteiger partial charge in [-0.2, -0.15) is 0 Å². The Balaban J connectivity index is 1.90. The number of aromatic nitrogens is 4. The molecule has 1 aromatic carbocycles. The van der Waals surface area contributed by atoms with Gasteiger partial charge in [-0.15, -0.1) is 0 Å². The molecule has 25 heavy (non-hydrogen) atoms. The summed E-state index contributed by atoms with van der Waals surface area (Å²) in [5.74, 6) is 1.97. The molecule has 0 radical (unpaired) electrons. The van der Waals surface area contributed by atoms with Crippen molar-refractivity contribution in [3.05, 3.63) is 36.2 Å². The lowest BCUT2D eigenvalue weighted by Crippen LogP contribution is -2.24. The van der Waals surface area contributed by atoms with Gasteiger partial charge in [0.15, 0.2) is 22.1 Å². The minimum atomic E-state index is -0.100. The number of methoxy groups -OCH3 is 1. The van der Waals surface area contributed by atoms with Crippen molar-refractivity contribution in [3.8, 4) is 5.75 Å². The van der Waals surface area contributed by atoms with Crippen LogP contribution in [-0.2, 0) is 17.6 Å². The van der Waals surface area contributed by atoms with Crippen molar-refractivity contribution in [2.75, 3.05) is 19.1 Å². The summed E-state index contributed by atoms with van der Waals surface area (Å²) in [7, 11) is 5.21. The van der Waals surface area contributed by atoms with Crippen molar-refractivity contribution in [1.82, 2.24) is 19.5 Å². The molecule has 0 unspecified atom stereocenters. The fourth-order valence-corrected chi connectivity index (χ4v) is 3.08. The molecule has 0 aliphatic heterocycles. The Morgan fingerprint density at radius 1 is 1.28 bits per heavy atom. The van der Waals surface area contributed by atoms with E-state index in [1.807, 2.05) is 35.9 Å². The molecule has 8 heteroatoms. The van der Waals surface area contributed by atoms with E-state index >= 15 is 0 Å². The third kappa shape index (κ3) is 3.58. The van der Waals surface area contributed by atoms with E-state index in [0.717, 1.165) is 17.1 Å². The summed E-state index contributed by atoms with van der Waals surface area (Å²) in [6, 6.07) is 7.88. The zero-order valence-electron chi connectivity index (χ0n) is 14.6. The third-order valence-electron chi connectivity index (χ3n) is 3.84. The van der Waals surface area contributed by atoms with Crippen molar-refractivity contribution < 1.29 is 9.53 Å². The van der Waals surface area contributed by atoms with Crippen molar-refractivity contribution in [2.45, 2.75) is 17.8 Å². The third-order valence-corrected chi connectivity index (χ3v) is 4.76. The van der Waals surface area contributed by atoms with Crippen molar-refractivity contribution in [1.29, 1.82) is 0 Å². The van der Waals surface area contributed by atoms with E-state index in [1.165, 1.54) is 23.6 Å². The van der Waals surface area contributed by atoms with Crippen molar-refractivity contribution >= 4 is 34.7 Å². The number of aryl methyl sites for hydroxylation is 1. The molecular weight excluding hydrogens is 338 g/mol. The highest BCUT2D eigenvalue weighted by Crippen LogP contribution is 2.27. The second-order valence-corrected chi connectivity index (χ2v) is 6.51. The van der Waals surface area contributed by atoms with Gasteiger partial charge in [-0.25, -0.2) is 15.0 Å². The van der Waals surface area contributed by atoms with E-state index in [2.05, 4.69) is 15.0 Å². The normalized spacial score (nSPS) is 10.9. The number of rotatable bonds is 5. The Kier molecular flexibility index (Phi) is 4.89.